The minimum atomic E-state index is 0.490. The maximum atomic E-state index is 12.0. The summed E-state index contributed by atoms with van der Waals surface area (Å²) in [7, 11) is 3.41. The number of likely N-dealkylation sites (N-methyl/N-ethyl adjacent to an activating group) is 2. The molecule has 0 aromatic rings. The van der Waals surface area contributed by atoms with Crippen LogP contribution in [-0.2, 0) is 0 Å². The maximum Gasteiger partial charge on any atom is 0.0414 e. The van der Waals surface area contributed by atoms with Crippen molar-refractivity contribution in [3.8, 4) is 0 Å². The van der Waals surface area contributed by atoms with Gasteiger partial charge in [0, 0.05) is 20.1 Å². The Hall–Kier alpha value is -0.150. The zero-order valence-corrected chi connectivity index (χ0v) is 9.10. The second-order valence-corrected chi connectivity index (χ2v) is 2.93. The predicted molar refractivity (Wildman–Crippen MR) is 52.9 cm³/mol. The highest BCUT2D eigenvalue weighted by Crippen LogP contribution is 1.84. The van der Waals surface area contributed by atoms with Gasteiger partial charge in [0.1, 0.15) is 0 Å². The molecule has 0 amide bonds. The van der Waals surface area contributed by atoms with Crippen molar-refractivity contribution < 1.29 is 4.48 Å². The lowest BCUT2D eigenvalue weighted by Crippen LogP contribution is -2.26. The lowest BCUT2D eigenvalue weighted by molar-refractivity contribution is 0.0508. The van der Waals surface area contributed by atoms with E-state index in [0.717, 1.165) is 13.1 Å². The van der Waals surface area contributed by atoms with Gasteiger partial charge in [-0.05, 0) is 13.6 Å². The molecule has 2 nitrogen and oxygen atoms in total. The molecule has 0 saturated carbocycles. The minimum absolute atomic E-state index is 0.490. The van der Waals surface area contributed by atoms with Crippen LogP contribution in [0.25, 0.3) is 0 Å². The van der Waals surface area contributed by atoms with Gasteiger partial charge in [0.2, 0.25) is 0 Å². The van der Waals surface area contributed by atoms with Crippen LogP contribution in [0.2, 0.25) is 0 Å². The van der Waals surface area contributed by atoms with E-state index in [1.165, 1.54) is 13.5 Å². The highest BCUT2D eigenvalue weighted by molar-refractivity contribution is 4.47. The summed E-state index contributed by atoms with van der Waals surface area (Å²) in [5.41, 5.74) is 0. The van der Waals surface area contributed by atoms with Crippen molar-refractivity contribution in [2.45, 2.75) is 27.2 Å². The SMILES string of the molecule is CCC.CCN(C)CCN(C)F. The standard InChI is InChI=1S/C6H15FN2.C3H8/c1-4-8(2)5-6-9(3)7;1-3-2/h4-6H2,1-3H3;3H2,1-2H3. The molecule has 0 N–H and O–H groups in total. The molecule has 0 aliphatic heterocycles. The molecule has 0 saturated heterocycles. The van der Waals surface area contributed by atoms with Crippen molar-refractivity contribution in [3.05, 3.63) is 0 Å². The van der Waals surface area contributed by atoms with Crippen LogP contribution < -0.4 is 0 Å². The molecule has 0 aromatic carbocycles. The van der Waals surface area contributed by atoms with Crippen LogP contribution in [0.15, 0.2) is 0 Å². The van der Waals surface area contributed by atoms with Crippen LogP contribution in [-0.4, -0.2) is 43.8 Å². The van der Waals surface area contributed by atoms with Gasteiger partial charge in [0.15, 0.2) is 0 Å². The van der Waals surface area contributed by atoms with Crippen LogP contribution in [0.1, 0.15) is 27.2 Å². The van der Waals surface area contributed by atoms with E-state index < -0.39 is 0 Å². The van der Waals surface area contributed by atoms with Gasteiger partial charge in [-0.3, -0.25) is 0 Å². The first-order valence-corrected chi connectivity index (χ1v) is 4.63. The van der Waals surface area contributed by atoms with E-state index in [-0.39, 0.29) is 0 Å². The van der Waals surface area contributed by atoms with Gasteiger partial charge in [-0.25, -0.2) is 0 Å². The van der Waals surface area contributed by atoms with Gasteiger partial charge in [0.05, 0.1) is 0 Å². The average molecular weight is 178 g/mol. The first kappa shape index (κ1) is 14.4. The Kier molecular flexibility index (Phi) is 13.0. The van der Waals surface area contributed by atoms with Crippen LogP contribution in [0.3, 0.4) is 0 Å². The molecule has 0 atom stereocenters. The number of hydrogen-bond acceptors (Lipinski definition) is 2. The fourth-order valence-corrected chi connectivity index (χ4v) is 0.467. The molecule has 0 bridgehead atoms. The highest BCUT2D eigenvalue weighted by atomic mass is 19.2. The number of halogens is 1. The highest BCUT2D eigenvalue weighted by Gasteiger charge is 1.96. The molecule has 0 spiro atoms. The summed E-state index contributed by atoms with van der Waals surface area (Å²) in [4.78, 5) is 2.07. The molecular formula is C9H23FN2. The fraction of sp³-hybridized carbons (Fsp3) is 1.00. The molecule has 0 heterocycles. The Morgan fingerprint density at radius 2 is 1.42 bits per heavy atom. The topological polar surface area (TPSA) is 6.48 Å². The predicted octanol–water partition coefficient (Wildman–Crippen LogP) is 2.17. The molecule has 0 aromatic heterocycles. The van der Waals surface area contributed by atoms with E-state index in [4.69, 9.17) is 0 Å². The third kappa shape index (κ3) is 16.4. The minimum Gasteiger partial charge on any atom is -0.305 e. The Labute approximate surface area is 76.3 Å². The molecule has 3 heteroatoms. The third-order valence-corrected chi connectivity index (χ3v) is 1.33. The van der Waals surface area contributed by atoms with E-state index in [0.29, 0.717) is 11.7 Å². The van der Waals surface area contributed by atoms with Gasteiger partial charge in [0.25, 0.3) is 0 Å². The van der Waals surface area contributed by atoms with Gasteiger partial charge in [-0.15, -0.1) is 9.60 Å². The van der Waals surface area contributed by atoms with Crippen molar-refractivity contribution >= 4 is 0 Å². The Morgan fingerprint density at radius 3 is 1.67 bits per heavy atom. The summed E-state index contributed by atoms with van der Waals surface area (Å²) < 4.78 is 12.0. The van der Waals surface area contributed by atoms with E-state index in [2.05, 4.69) is 25.7 Å². The summed E-state index contributed by atoms with van der Waals surface area (Å²) in [6.07, 6.45) is 1.25. The van der Waals surface area contributed by atoms with E-state index in [9.17, 15) is 4.48 Å². The summed E-state index contributed by atoms with van der Waals surface area (Å²) in [5.74, 6) is 0. The van der Waals surface area contributed by atoms with Gasteiger partial charge in [-0.1, -0.05) is 27.2 Å². The smallest absolute Gasteiger partial charge is 0.0414 e. The second kappa shape index (κ2) is 10.8. The van der Waals surface area contributed by atoms with Crippen molar-refractivity contribution in [1.29, 1.82) is 0 Å². The summed E-state index contributed by atoms with van der Waals surface area (Å²) in [6, 6.07) is 0. The molecule has 0 fully saturated rings. The number of nitrogens with zero attached hydrogens (tertiary/aromatic N) is 2. The summed E-state index contributed by atoms with van der Waals surface area (Å²) >= 11 is 0. The molecule has 0 radical (unpaired) electrons. The molecule has 76 valence electrons. The van der Waals surface area contributed by atoms with E-state index >= 15 is 0 Å². The average Bonchev–Trinajstić information content (AvgIpc) is 2.01. The Bertz CT molecular complexity index is 76.9. The van der Waals surface area contributed by atoms with Crippen molar-refractivity contribution in [1.82, 2.24) is 10.0 Å². The van der Waals surface area contributed by atoms with Crippen LogP contribution >= 0.6 is 0 Å². The molecular weight excluding hydrogens is 155 g/mol. The maximum absolute atomic E-state index is 12.0. The second-order valence-electron chi connectivity index (χ2n) is 2.93. The Balaban J connectivity index is 0. The van der Waals surface area contributed by atoms with Crippen LogP contribution in [0.4, 0.5) is 4.48 Å². The first-order valence-electron chi connectivity index (χ1n) is 4.63. The molecule has 0 unspecified atom stereocenters. The van der Waals surface area contributed by atoms with Crippen LogP contribution in [0.5, 0.6) is 0 Å². The van der Waals surface area contributed by atoms with E-state index in [1.54, 1.807) is 0 Å². The lowest BCUT2D eigenvalue weighted by Gasteiger charge is -2.14. The van der Waals surface area contributed by atoms with Crippen molar-refractivity contribution in [2.24, 2.45) is 0 Å². The summed E-state index contributed by atoms with van der Waals surface area (Å²) in [5, 5.41) is 0.701. The van der Waals surface area contributed by atoms with Crippen molar-refractivity contribution in [3.63, 3.8) is 0 Å². The third-order valence-electron chi connectivity index (χ3n) is 1.33. The fourth-order valence-electron chi connectivity index (χ4n) is 0.467. The quantitative estimate of drug-likeness (QED) is 0.609. The molecule has 12 heavy (non-hydrogen) atoms. The first-order chi connectivity index (χ1) is 5.58. The molecule has 0 aliphatic carbocycles. The van der Waals surface area contributed by atoms with E-state index in [1.807, 2.05) is 7.05 Å². The monoisotopic (exact) mass is 178 g/mol. The zero-order chi connectivity index (χ0) is 9.98. The Morgan fingerprint density at radius 1 is 1.00 bits per heavy atom. The van der Waals surface area contributed by atoms with Gasteiger partial charge < -0.3 is 4.90 Å². The van der Waals surface area contributed by atoms with Gasteiger partial charge >= 0.3 is 0 Å². The van der Waals surface area contributed by atoms with Crippen LogP contribution in [0, 0.1) is 0 Å². The van der Waals surface area contributed by atoms with Crippen molar-refractivity contribution in [2.75, 3.05) is 33.7 Å². The number of hydrogen-bond donors (Lipinski definition) is 0. The zero-order valence-electron chi connectivity index (χ0n) is 9.10. The lowest BCUT2D eigenvalue weighted by atomic mass is 10.5. The molecule has 0 rings (SSSR count). The summed E-state index contributed by atoms with van der Waals surface area (Å²) in [6.45, 7) is 8.57. The molecule has 0 aliphatic rings. The largest absolute Gasteiger partial charge is 0.305 e. The van der Waals surface area contributed by atoms with Gasteiger partial charge in [-0.2, -0.15) is 0 Å². The normalized spacial score (nSPS) is 10.0. The number of rotatable bonds is 4.